The zero-order valence-electron chi connectivity index (χ0n) is 60.1. The van der Waals surface area contributed by atoms with Crippen molar-refractivity contribution in [2.45, 2.75) is 304 Å². The second-order valence-electron chi connectivity index (χ2n) is 28.2. The third-order valence-corrected chi connectivity index (χ3v) is 20.4. The molecule has 4 amide bonds. The first-order valence-electron chi connectivity index (χ1n) is 35.6. The van der Waals surface area contributed by atoms with E-state index >= 15 is 0 Å². The van der Waals surface area contributed by atoms with Gasteiger partial charge in [0.25, 0.3) is 0 Å². The van der Waals surface area contributed by atoms with Crippen molar-refractivity contribution in [3.63, 3.8) is 0 Å². The predicted molar refractivity (Wildman–Crippen MR) is 343 cm³/mol. The Labute approximate surface area is 634 Å². The Balaban J connectivity index is 1.05. The molecule has 50 nitrogen and oxygen atoms in total. The van der Waals surface area contributed by atoms with E-state index in [9.17, 15) is 147 Å². The van der Waals surface area contributed by atoms with Crippen molar-refractivity contribution in [2.24, 2.45) is 0 Å². The normalized spacial score (nSPS) is 48.9. The third kappa shape index (κ3) is 20.2. The summed E-state index contributed by atoms with van der Waals surface area (Å²) in [7, 11) is 0. The van der Waals surface area contributed by atoms with E-state index in [1.165, 1.54) is 0 Å². The average Bonchev–Trinajstić information content (AvgIpc) is 0.966. The number of rotatable bonds is 29. The number of ether oxygens (including phenoxy) is 17. The fourth-order valence-corrected chi connectivity index (χ4v) is 14.5. The highest BCUT2D eigenvalue weighted by atomic mass is 16.8. The molecular formula is C62H104N4O46. The number of hydrogen-bond donors (Lipinski definition) is 29. The van der Waals surface area contributed by atoms with Gasteiger partial charge in [-0.2, -0.15) is 0 Å². The van der Waals surface area contributed by atoms with E-state index in [1.807, 2.05) is 0 Å². The molecule has 9 rings (SSSR count). The Kier molecular flexibility index (Phi) is 33.1. The average molecular weight is 1640 g/mol. The minimum Gasteiger partial charge on any atom is -0.394 e. The lowest BCUT2D eigenvalue weighted by atomic mass is 9.93. The summed E-state index contributed by atoms with van der Waals surface area (Å²) in [5, 5.41) is 286. The maximum Gasteiger partial charge on any atom is 0.217 e. The van der Waals surface area contributed by atoms with Gasteiger partial charge in [0.15, 0.2) is 56.6 Å². The first-order chi connectivity index (χ1) is 53.0. The number of nitrogens with one attached hydrogen (secondary N) is 4. The van der Waals surface area contributed by atoms with Crippen LogP contribution in [0.3, 0.4) is 0 Å². The van der Waals surface area contributed by atoms with Gasteiger partial charge in [-0.1, -0.05) is 0 Å². The van der Waals surface area contributed by atoms with E-state index in [4.69, 9.17) is 80.5 Å². The predicted octanol–water partition coefficient (Wildman–Crippen LogP) is -20.1. The van der Waals surface area contributed by atoms with Crippen LogP contribution >= 0.6 is 0 Å². The second kappa shape index (κ2) is 40.3. The van der Waals surface area contributed by atoms with E-state index in [1.54, 1.807) is 0 Å². The molecule has 0 spiro atoms. The van der Waals surface area contributed by atoms with Gasteiger partial charge in [-0.15, -0.1) is 0 Å². The van der Waals surface area contributed by atoms with Gasteiger partial charge >= 0.3 is 0 Å². The fraction of sp³-hybridized carbons (Fsp3) is 0.935. The minimum atomic E-state index is -2.57. The first-order valence-corrected chi connectivity index (χ1v) is 35.6. The zero-order valence-corrected chi connectivity index (χ0v) is 60.1. The van der Waals surface area contributed by atoms with Crippen molar-refractivity contribution in [3.05, 3.63) is 0 Å². The molecule has 0 saturated carbocycles. The number of aliphatic hydroxyl groups is 25. The monoisotopic (exact) mass is 1640 g/mol. The van der Waals surface area contributed by atoms with Crippen LogP contribution in [0.25, 0.3) is 0 Å². The van der Waals surface area contributed by atoms with E-state index in [0.29, 0.717) is 0 Å². The Morgan fingerprint density at radius 1 is 0.232 bits per heavy atom. The summed E-state index contributed by atoms with van der Waals surface area (Å²) >= 11 is 0. The van der Waals surface area contributed by atoms with E-state index < -0.39 is 359 Å². The Morgan fingerprint density at radius 2 is 0.482 bits per heavy atom. The van der Waals surface area contributed by atoms with Crippen LogP contribution in [0, 0.1) is 0 Å². The van der Waals surface area contributed by atoms with Crippen molar-refractivity contribution in [3.8, 4) is 0 Å². The molecule has 9 heterocycles. The van der Waals surface area contributed by atoms with Gasteiger partial charge < -0.3 is 229 Å². The maximum absolute atomic E-state index is 13.0. The SMILES string of the molecule is CC(=O)N[C@@H]1[C@@H](O)[C@H](O[C@@H]2O[C@H](CO)[C@@H](O[C@@H]3O[C@H](CO[C@H]4O[C@H](CO)[C@@H](O)[C@H](O)[C@@H]4O[C@@H]4O[C@H](CO)[C@@H](O[C@@H]5O[C@H](CO)[C@H](O)[C@H](O)[C@H]5O)[C@H](O)[C@H]4NC(C)=O)[C@@H](O)[C@H](O[C@H]4O[C@H](CO)[C@@H](O)[C@H](O)[C@@H]4O[C@H]4O[C@H](CO)[C@@H](O[C@@H]5O[C@H](CO)[C@H](O)[C@H](O)[C@H]5O)[C@H](O)[C@H]4NC(C)=O)[C@@H]3O)[C@H](O)[C@H]2NC(C)=O)[C@@H](CO)O[C@H]1O. The van der Waals surface area contributed by atoms with E-state index in [2.05, 4.69) is 21.3 Å². The van der Waals surface area contributed by atoms with Crippen molar-refractivity contribution in [1.29, 1.82) is 0 Å². The fourth-order valence-electron chi connectivity index (χ4n) is 14.5. The Bertz CT molecular complexity index is 2970. The molecule has 29 N–H and O–H groups in total. The number of hydrogen-bond acceptors (Lipinski definition) is 46. The molecule has 9 fully saturated rings. The van der Waals surface area contributed by atoms with Crippen molar-refractivity contribution < 1.29 is 227 Å². The Morgan fingerprint density at radius 3 is 0.830 bits per heavy atom. The van der Waals surface area contributed by atoms with Crippen LogP contribution in [0.4, 0.5) is 0 Å². The van der Waals surface area contributed by atoms with Crippen LogP contribution in [0.5, 0.6) is 0 Å². The lowest BCUT2D eigenvalue weighted by Gasteiger charge is -2.51. The molecule has 0 aromatic rings. The highest BCUT2D eigenvalue weighted by Gasteiger charge is 2.61. The van der Waals surface area contributed by atoms with Gasteiger partial charge in [0.2, 0.25) is 23.6 Å². The topological polar surface area (TPSA) is 779 Å². The summed E-state index contributed by atoms with van der Waals surface area (Å²) in [6.07, 6.45) is -85.1. The molecule has 9 saturated heterocycles. The molecule has 0 radical (unpaired) electrons. The highest BCUT2D eigenvalue weighted by Crippen LogP contribution is 2.40. The summed E-state index contributed by atoms with van der Waals surface area (Å²) < 4.78 is 101. The maximum atomic E-state index is 13.0. The molecule has 648 valence electrons. The van der Waals surface area contributed by atoms with Crippen LogP contribution < -0.4 is 21.3 Å². The molecule has 0 aromatic heterocycles. The quantitative estimate of drug-likeness (QED) is 0.0331. The minimum absolute atomic E-state index is 0.788. The molecule has 50 heteroatoms. The van der Waals surface area contributed by atoms with Gasteiger partial charge in [0, 0.05) is 27.7 Å². The lowest BCUT2D eigenvalue weighted by molar-refractivity contribution is -0.399. The largest absolute Gasteiger partial charge is 0.394 e. The van der Waals surface area contributed by atoms with E-state index in [-0.39, 0.29) is 0 Å². The van der Waals surface area contributed by atoms with Gasteiger partial charge in [0.1, 0.15) is 219 Å². The highest BCUT2D eigenvalue weighted by molar-refractivity contribution is 5.74. The van der Waals surface area contributed by atoms with Gasteiger partial charge in [-0.05, 0) is 0 Å². The number of carbonyl (C=O) groups excluding carboxylic acids is 4. The Hall–Kier alpha value is -3.80. The van der Waals surface area contributed by atoms with Gasteiger partial charge in [-0.25, -0.2) is 0 Å². The first kappa shape index (κ1) is 92.1. The summed E-state index contributed by atoms with van der Waals surface area (Å²) in [4.78, 5) is 50.9. The second-order valence-corrected chi connectivity index (χ2v) is 28.2. The van der Waals surface area contributed by atoms with Crippen LogP contribution in [-0.2, 0) is 99.7 Å². The smallest absolute Gasteiger partial charge is 0.217 e. The summed E-state index contributed by atoms with van der Waals surface area (Å²) in [6, 6.07) is -7.42. The van der Waals surface area contributed by atoms with Crippen molar-refractivity contribution >= 4 is 23.6 Å². The molecule has 45 atom stereocenters. The molecule has 0 bridgehead atoms. The third-order valence-electron chi connectivity index (χ3n) is 20.4. The lowest BCUT2D eigenvalue weighted by Crippen LogP contribution is -2.71. The molecular weight excluding hydrogens is 1540 g/mol. The van der Waals surface area contributed by atoms with E-state index in [0.717, 1.165) is 27.7 Å². The molecule has 112 heavy (non-hydrogen) atoms. The van der Waals surface area contributed by atoms with Crippen LogP contribution in [0.1, 0.15) is 27.7 Å². The van der Waals surface area contributed by atoms with Crippen LogP contribution in [0.15, 0.2) is 0 Å². The summed E-state index contributed by atoms with van der Waals surface area (Å²) in [6.45, 7) is -6.01. The molecule has 0 aliphatic carbocycles. The number of carbonyl (C=O) groups is 4. The standard InChI is InChI=1S/C62H104N4O46/c1-14(75)63-27-36(84)47(22(9-71)97-54(27)95)106-55-28(64-15(2)76)37(85)50(25(12-74)102-55)109-60-46(94)51(110-62-53(43(91)34(82)21(8-70)101-62)112-57-30(66-17(4)78)39(87)49(24(11-73)104-57)108-59-45(93)41(89)32(80)19(6-68)99-59)35(83)26(105-60)13-96-61-52(42(90)33(81)20(7-69)100-61)111-56-29(65-16(3)77)38(86)48(23(10-72)103-56)107-58-44(92)40(88)31(79)18(5-67)98-58/h18-62,67-74,79-95H,5-13H2,1-4H3,(H,63,75)(H,64,76)(H,65,77)(H,66,78)/t18-,19-,20-,21-,22-,23-,24-,25-,26-,27-,28-,29-,30-,31+,32+,33-,34-,35-,36-,37-,38-,39-,40+,41+,42+,43+,44-,45-,46+,47-,48-,49-,50-,51+,52+,53+,54-,55+,56+,57-,58+,59+,60+,61+,62-/m1/s1. The number of amides is 4. The van der Waals surface area contributed by atoms with Gasteiger partial charge in [-0.3, -0.25) is 19.2 Å². The summed E-state index contributed by atoms with van der Waals surface area (Å²) in [5.74, 6) is -3.62. The number of aliphatic hydroxyl groups excluding tert-OH is 25. The molecule has 0 unspecified atom stereocenters. The molecule has 9 aliphatic rings. The van der Waals surface area contributed by atoms with Crippen molar-refractivity contribution in [2.75, 3.05) is 59.5 Å². The summed E-state index contributed by atoms with van der Waals surface area (Å²) in [5.41, 5.74) is 0. The molecule has 9 aliphatic heterocycles. The zero-order chi connectivity index (χ0) is 82.5. The van der Waals surface area contributed by atoms with Crippen LogP contribution in [-0.4, -0.2) is 487 Å². The van der Waals surface area contributed by atoms with Crippen LogP contribution in [0.2, 0.25) is 0 Å². The van der Waals surface area contributed by atoms with Crippen molar-refractivity contribution in [1.82, 2.24) is 21.3 Å². The van der Waals surface area contributed by atoms with Gasteiger partial charge in [0.05, 0.1) is 59.5 Å². The molecule has 0 aromatic carbocycles.